The smallest absolute Gasteiger partial charge is 0.251 e. The van der Waals surface area contributed by atoms with Gasteiger partial charge in [0.1, 0.15) is 5.82 Å². The third-order valence-corrected chi connectivity index (χ3v) is 3.53. The highest BCUT2D eigenvalue weighted by molar-refractivity contribution is 5.94. The summed E-state index contributed by atoms with van der Waals surface area (Å²) in [6, 6.07) is 5.36. The van der Waals surface area contributed by atoms with Crippen LogP contribution < -0.4 is 16.4 Å². The topological polar surface area (TPSA) is 84.2 Å². The fourth-order valence-corrected chi connectivity index (χ4v) is 2.15. The number of hydrogen-bond acceptors (Lipinski definition) is 3. The lowest BCUT2D eigenvalue weighted by molar-refractivity contribution is -0.121. The molecule has 0 saturated heterocycles. The summed E-state index contributed by atoms with van der Waals surface area (Å²) >= 11 is 0. The summed E-state index contributed by atoms with van der Waals surface area (Å²) < 4.78 is 12.8. The van der Waals surface area contributed by atoms with Crippen LogP contribution in [-0.4, -0.2) is 30.9 Å². The van der Waals surface area contributed by atoms with Gasteiger partial charge in [0.15, 0.2) is 0 Å². The van der Waals surface area contributed by atoms with Gasteiger partial charge in [-0.1, -0.05) is 19.8 Å². The van der Waals surface area contributed by atoms with Gasteiger partial charge in [0.2, 0.25) is 5.91 Å². The molecule has 0 bridgehead atoms. The van der Waals surface area contributed by atoms with Crippen molar-refractivity contribution in [3.05, 3.63) is 35.6 Å². The molecule has 0 aliphatic heterocycles. The predicted molar refractivity (Wildman–Crippen MR) is 88.5 cm³/mol. The van der Waals surface area contributed by atoms with Gasteiger partial charge in [0.25, 0.3) is 5.91 Å². The van der Waals surface area contributed by atoms with E-state index in [9.17, 15) is 14.0 Å². The van der Waals surface area contributed by atoms with Crippen LogP contribution in [0.15, 0.2) is 24.3 Å². The Bertz CT molecular complexity index is 491. The van der Waals surface area contributed by atoms with E-state index in [-0.39, 0.29) is 23.7 Å². The third-order valence-electron chi connectivity index (χ3n) is 3.53. The van der Waals surface area contributed by atoms with Gasteiger partial charge < -0.3 is 16.4 Å². The first-order valence-corrected chi connectivity index (χ1v) is 8.10. The van der Waals surface area contributed by atoms with Crippen LogP contribution in [0.4, 0.5) is 4.39 Å². The van der Waals surface area contributed by atoms with E-state index in [0.29, 0.717) is 31.5 Å². The maximum atomic E-state index is 12.8. The maximum Gasteiger partial charge on any atom is 0.251 e. The first-order valence-electron chi connectivity index (χ1n) is 8.10. The molecule has 0 aromatic heterocycles. The second-order valence-electron chi connectivity index (χ2n) is 5.51. The largest absolute Gasteiger partial charge is 0.352 e. The molecule has 1 rings (SSSR count). The molecule has 2 amide bonds. The first-order chi connectivity index (χ1) is 11.1. The zero-order chi connectivity index (χ0) is 17.1. The fourth-order valence-electron chi connectivity index (χ4n) is 2.15. The van der Waals surface area contributed by atoms with Crippen LogP contribution in [0.5, 0.6) is 0 Å². The van der Waals surface area contributed by atoms with Crippen molar-refractivity contribution in [3.8, 4) is 0 Å². The van der Waals surface area contributed by atoms with Crippen molar-refractivity contribution < 1.29 is 14.0 Å². The van der Waals surface area contributed by atoms with Crippen molar-refractivity contribution in [3.63, 3.8) is 0 Å². The molecule has 6 heteroatoms. The number of benzene rings is 1. The number of unbranched alkanes of at least 4 members (excludes halogenated alkanes) is 1. The van der Waals surface area contributed by atoms with E-state index in [2.05, 4.69) is 17.6 Å². The quantitative estimate of drug-likeness (QED) is 0.576. The van der Waals surface area contributed by atoms with Gasteiger partial charge in [-0.05, 0) is 37.1 Å². The number of nitrogens with one attached hydrogen (secondary N) is 2. The van der Waals surface area contributed by atoms with Crippen molar-refractivity contribution in [2.45, 2.75) is 45.1 Å². The van der Waals surface area contributed by atoms with Crippen LogP contribution in [-0.2, 0) is 4.79 Å². The Morgan fingerprint density at radius 3 is 2.52 bits per heavy atom. The van der Waals surface area contributed by atoms with Crippen LogP contribution >= 0.6 is 0 Å². The SMILES string of the molecule is CCCCC(CN)NC(=O)CCCNC(=O)c1ccc(F)cc1. The average molecular weight is 323 g/mol. The second-order valence-corrected chi connectivity index (χ2v) is 5.51. The number of carbonyl (C=O) groups is 2. The lowest BCUT2D eigenvalue weighted by atomic mass is 10.1. The summed E-state index contributed by atoms with van der Waals surface area (Å²) in [5, 5.41) is 5.62. The maximum absolute atomic E-state index is 12.8. The van der Waals surface area contributed by atoms with E-state index >= 15 is 0 Å². The normalized spacial score (nSPS) is 11.8. The minimum Gasteiger partial charge on any atom is -0.352 e. The number of nitrogens with two attached hydrogens (primary N) is 1. The number of halogens is 1. The number of amides is 2. The molecule has 0 fully saturated rings. The van der Waals surface area contributed by atoms with Crippen molar-refractivity contribution >= 4 is 11.8 Å². The van der Waals surface area contributed by atoms with Crippen molar-refractivity contribution in [1.82, 2.24) is 10.6 Å². The zero-order valence-electron chi connectivity index (χ0n) is 13.6. The highest BCUT2D eigenvalue weighted by Gasteiger charge is 2.10. The van der Waals surface area contributed by atoms with E-state index in [1.807, 2.05) is 0 Å². The summed E-state index contributed by atoms with van der Waals surface area (Å²) in [6.45, 7) is 2.93. The average Bonchev–Trinajstić information content (AvgIpc) is 2.55. The summed E-state index contributed by atoms with van der Waals surface area (Å²) in [7, 11) is 0. The molecule has 1 atom stereocenters. The summed E-state index contributed by atoms with van der Waals surface area (Å²) in [5.41, 5.74) is 6.03. The highest BCUT2D eigenvalue weighted by atomic mass is 19.1. The van der Waals surface area contributed by atoms with Gasteiger partial charge in [-0.3, -0.25) is 9.59 Å². The van der Waals surface area contributed by atoms with Crippen LogP contribution in [0.1, 0.15) is 49.4 Å². The first kappa shape index (κ1) is 19.1. The van der Waals surface area contributed by atoms with E-state index in [1.165, 1.54) is 24.3 Å². The molecule has 1 aromatic rings. The van der Waals surface area contributed by atoms with E-state index < -0.39 is 0 Å². The van der Waals surface area contributed by atoms with Crippen LogP contribution in [0, 0.1) is 5.82 Å². The van der Waals surface area contributed by atoms with Gasteiger partial charge in [-0.15, -0.1) is 0 Å². The van der Waals surface area contributed by atoms with Gasteiger partial charge in [0, 0.05) is 31.1 Å². The highest BCUT2D eigenvalue weighted by Crippen LogP contribution is 2.03. The molecule has 128 valence electrons. The molecule has 1 aromatic carbocycles. The molecule has 0 saturated carbocycles. The van der Waals surface area contributed by atoms with E-state index in [4.69, 9.17) is 5.73 Å². The summed E-state index contributed by atoms with van der Waals surface area (Å²) in [6.07, 6.45) is 3.88. The Morgan fingerprint density at radius 2 is 1.91 bits per heavy atom. The standard InChI is InChI=1S/C17H26FN3O2/c1-2-3-5-15(12-19)21-16(22)6-4-11-20-17(23)13-7-9-14(18)10-8-13/h7-10,15H,2-6,11-12,19H2,1H3,(H,20,23)(H,21,22). The van der Waals surface area contributed by atoms with Gasteiger partial charge in [-0.2, -0.15) is 0 Å². The minimum absolute atomic E-state index is 0.0243. The molecule has 0 heterocycles. The Kier molecular flexibility index (Phi) is 8.90. The Labute approximate surface area is 136 Å². The monoisotopic (exact) mass is 323 g/mol. The third kappa shape index (κ3) is 7.74. The Hall–Kier alpha value is -1.95. The molecular formula is C17H26FN3O2. The Morgan fingerprint density at radius 1 is 1.22 bits per heavy atom. The van der Waals surface area contributed by atoms with Gasteiger partial charge in [0.05, 0.1) is 0 Å². The summed E-state index contributed by atoms with van der Waals surface area (Å²) in [4.78, 5) is 23.6. The van der Waals surface area contributed by atoms with Crippen LogP contribution in [0.2, 0.25) is 0 Å². The second kappa shape index (κ2) is 10.7. The van der Waals surface area contributed by atoms with Gasteiger partial charge in [-0.25, -0.2) is 4.39 Å². The summed E-state index contributed by atoms with van der Waals surface area (Å²) in [5.74, 6) is -0.698. The molecule has 0 aliphatic rings. The van der Waals surface area contributed by atoms with Gasteiger partial charge >= 0.3 is 0 Å². The molecule has 5 nitrogen and oxygen atoms in total. The number of hydrogen-bond donors (Lipinski definition) is 3. The molecule has 23 heavy (non-hydrogen) atoms. The lowest BCUT2D eigenvalue weighted by Gasteiger charge is -2.16. The molecular weight excluding hydrogens is 297 g/mol. The van der Waals surface area contributed by atoms with E-state index in [1.54, 1.807) is 0 Å². The zero-order valence-corrected chi connectivity index (χ0v) is 13.6. The Balaban J connectivity index is 2.21. The molecule has 0 radical (unpaired) electrons. The van der Waals surface area contributed by atoms with Crippen LogP contribution in [0.3, 0.4) is 0 Å². The number of rotatable bonds is 10. The fraction of sp³-hybridized carbons (Fsp3) is 0.529. The van der Waals surface area contributed by atoms with Crippen molar-refractivity contribution in [2.75, 3.05) is 13.1 Å². The van der Waals surface area contributed by atoms with Crippen molar-refractivity contribution in [1.29, 1.82) is 0 Å². The molecule has 1 unspecified atom stereocenters. The molecule has 0 aliphatic carbocycles. The van der Waals surface area contributed by atoms with Crippen molar-refractivity contribution in [2.24, 2.45) is 5.73 Å². The van der Waals surface area contributed by atoms with E-state index in [0.717, 1.165) is 19.3 Å². The molecule has 0 spiro atoms. The molecule has 4 N–H and O–H groups in total. The van der Waals surface area contributed by atoms with Crippen LogP contribution in [0.25, 0.3) is 0 Å². The number of carbonyl (C=O) groups excluding carboxylic acids is 2. The minimum atomic E-state index is -0.379. The lowest BCUT2D eigenvalue weighted by Crippen LogP contribution is -2.40. The predicted octanol–water partition coefficient (Wildman–Crippen LogP) is 1.97.